The zero-order valence-corrected chi connectivity index (χ0v) is 15.7. The van der Waals surface area contributed by atoms with E-state index >= 15 is 0 Å². The molecule has 8 nitrogen and oxygen atoms in total. The summed E-state index contributed by atoms with van der Waals surface area (Å²) < 4.78 is 19.1. The van der Waals surface area contributed by atoms with Gasteiger partial charge in [-0.05, 0) is 43.2 Å². The van der Waals surface area contributed by atoms with E-state index in [1.165, 1.54) is 18.2 Å². The Hall–Kier alpha value is -3.27. The first-order valence-corrected chi connectivity index (χ1v) is 9.10. The number of carbonyl (C=O) groups is 1. The number of rotatable bonds is 6. The summed E-state index contributed by atoms with van der Waals surface area (Å²) in [6.07, 6.45) is 0. The SMILES string of the molecule is Cc1cc(NC(=O)CSc2nnc(-c3ccccc3F)o2)c([N+](=O)[O-])cc1C. The van der Waals surface area contributed by atoms with Gasteiger partial charge >= 0.3 is 0 Å². The lowest BCUT2D eigenvalue weighted by Gasteiger charge is -2.08. The van der Waals surface area contributed by atoms with Crippen molar-refractivity contribution < 1.29 is 18.5 Å². The number of benzene rings is 2. The maximum atomic E-state index is 13.8. The van der Waals surface area contributed by atoms with Crippen molar-refractivity contribution in [2.75, 3.05) is 11.1 Å². The topological polar surface area (TPSA) is 111 Å². The van der Waals surface area contributed by atoms with Crippen molar-refractivity contribution in [3.8, 4) is 11.5 Å². The highest BCUT2D eigenvalue weighted by molar-refractivity contribution is 7.99. The number of nitrogens with one attached hydrogen (secondary N) is 1. The number of nitro groups is 1. The Morgan fingerprint density at radius 1 is 1.25 bits per heavy atom. The largest absolute Gasteiger partial charge is 0.411 e. The lowest BCUT2D eigenvalue weighted by Crippen LogP contribution is -2.15. The number of hydrogen-bond acceptors (Lipinski definition) is 7. The van der Waals surface area contributed by atoms with Crippen LogP contribution in [0.25, 0.3) is 11.5 Å². The fourth-order valence-electron chi connectivity index (χ4n) is 2.38. The molecule has 0 saturated carbocycles. The second kappa shape index (κ2) is 8.17. The fourth-order valence-corrected chi connectivity index (χ4v) is 2.94. The molecule has 1 amide bonds. The average Bonchev–Trinajstić information content (AvgIpc) is 3.12. The minimum Gasteiger partial charge on any atom is -0.411 e. The number of aryl methyl sites for hydroxylation is 2. The summed E-state index contributed by atoms with van der Waals surface area (Å²) in [5, 5.41) is 21.4. The van der Waals surface area contributed by atoms with E-state index in [9.17, 15) is 19.3 Å². The summed E-state index contributed by atoms with van der Waals surface area (Å²) in [5.41, 5.74) is 1.68. The van der Waals surface area contributed by atoms with Gasteiger partial charge in [-0.1, -0.05) is 23.9 Å². The van der Waals surface area contributed by atoms with Gasteiger partial charge in [-0.15, -0.1) is 10.2 Å². The van der Waals surface area contributed by atoms with Gasteiger partial charge in [0.1, 0.15) is 11.5 Å². The molecule has 0 spiro atoms. The molecule has 0 bridgehead atoms. The first kappa shape index (κ1) is 19.5. The van der Waals surface area contributed by atoms with E-state index in [1.54, 1.807) is 32.0 Å². The van der Waals surface area contributed by atoms with Crippen molar-refractivity contribution in [2.45, 2.75) is 19.1 Å². The van der Waals surface area contributed by atoms with Crippen LogP contribution in [0.5, 0.6) is 0 Å². The van der Waals surface area contributed by atoms with Crippen molar-refractivity contribution in [3.05, 3.63) is 63.5 Å². The average molecular weight is 402 g/mol. The predicted octanol–water partition coefficient (Wildman–Crippen LogP) is 4.13. The van der Waals surface area contributed by atoms with Crippen molar-refractivity contribution in [1.82, 2.24) is 10.2 Å². The molecular weight excluding hydrogens is 387 g/mol. The number of aromatic nitrogens is 2. The van der Waals surface area contributed by atoms with Gasteiger partial charge < -0.3 is 9.73 Å². The number of thioether (sulfide) groups is 1. The van der Waals surface area contributed by atoms with Gasteiger partial charge in [0, 0.05) is 6.07 Å². The molecule has 0 atom stereocenters. The second-order valence-electron chi connectivity index (χ2n) is 5.90. The third-order valence-corrected chi connectivity index (χ3v) is 4.74. The van der Waals surface area contributed by atoms with Crippen LogP contribution in [0.1, 0.15) is 11.1 Å². The van der Waals surface area contributed by atoms with E-state index in [4.69, 9.17) is 4.42 Å². The molecule has 0 radical (unpaired) electrons. The molecule has 1 aromatic heterocycles. The van der Waals surface area contributed by atoms with Crippen molar-refractivity contribution in [3.63, 3.8) is 0 Å². The predicted molar refractivity (Wildman–Crippen MR) is 102 cm³/mol. The van der Waals surface area contributed by atoms with Crippen LogP contribution in [0.3, 0.4) is 0 Å². The fraction of sp³-hybridized carbons (Fsp3) is 0.167. The van der Waals surface area contributed by atoms with Gasteiger partial charge in [-0.25, -0.2) is 4.39 Å². The van der Waals surface area contributed by atoms with Gasteiger partial charge in [0.2, 0.25) is 5.91 Å². The highest BCUT2D eigenvalue weighted by atomic mass is 32.2. The maximum Gasteiger partial charge on any atom is 0.293 e. The maximum absolute atomic E-state index is 13.8. The summed E-state index contributed by atoms with van der Waals surface area (Å²) in [6, 6.07) is 8.93. The third-order valence-electron chi connectivity index (χ3n) is 3.92. The number of anilines is 1. The number of hydrogen-bond donors (Lipinski definition) is 1. The quantitative estimate of drug-likeness (QED) is 0.375. The van der Waals surface area contributed by atoms with Crippen molar-refractivity contribution in [1.29, 1.82) is 0 Å². The molecule has 2 aromatic carbocycles. The van der Waals surface area contributed by atoms with Crippen LogP contribution in [0.4, 0.5) is 15.8 Å². The zero-order chi connectivity index (χ0) is 20.3. The van der Waals surface area contributed by atoms with Crippen LogP contribution in [0.2, 0.25) is 0 Å². The van der Waals surface area contributed by atoms with E-state index in [0.717, 1.165) is 22.9 Å². The first-order valence-electron chi connectivity index (χ1n) is 8.12. The summed E-state index contributed by atoms with van der Waals surface area (Å²) >= 11 is 0.946. The second-order valence-corrected chi connectivity index (χ2v) is 6.83. The van der Waals surface area contributed by atoms with Crippen LogP contribution >= 0.6 is 11.8 Å². The van der Waals surface area contributed by atoms with Crippen LogP contribution in [-0.2, 0) is 4.79 Å². The molecule has 1 heterocycles. The Kier molecular flexibility index (Phi) is 5.69. The number of halogens is 1. The molecule has 28 heavy (non-hydrogen) atoms. The minimum absolute atomic E-state index is 0.00538. The van der Waals surface area contributed by atoms with Gasteiger partial charge in [0.25, 0.3) is 16.8 Å². The highest BCUT2D eigenvalue weighted by Crippen LogP contribution is 2.29. The van der Waals surface area contributed by atoms with E-state index in [1.807, 2.05) is 0 Å². The minimum atomic E-state index is -0.548. The highest BCUT2D eigenvalue weighted by Gasteiger charge is 2.19. The van der Waals surface area contributed by atoms with Crippen LogP contribution < -0.4 is 5.32 Å². The Bertz CT molecular complexity index is 1050. The summed E-state index contributed by atoms with van der Waals surface area (Å²) in [6.45, 7) is 3.55. The third kappa shape index (κ3) is 4.34. The lowest BCUT2D eigenvalue weighted by molar-refractivity contribution is -0.384. The molecule has 0 saturated heterocycles. The summed E-state index contributed by atoms with van der Waals surface area (Å²) in [4.78, 5) is 22.8. The molecule has 144 valence electrons. The van der Waals surface area contributed by atoms with E-state index in [0.29, 0.717) is 0 Å². The number of nitro benzene ring substituents is 1. The van der Waals surface area contributed by atoms with Crippen LogP contribution in [0, 0.1) is 29.8 Å². The molecule has 0 aliphatic carbocycles. The van der Waals surface area contributed by atoms with Crippen LogP contribution in [-0.4, -0.2) is 26.8 Å². The summed E-state index contributed by atoms with van der Waals surface area (Å²) in [5.74, 6) is -1.07. The molecule has 0 aliphatic rings. The molecule has 0 aliphatic heterocycles. The Balaban J connectivity index is 1.67. The molecule has 3 rings (SSSR count). The van der Waals surface area contributed by atoms with Gasteiger partial charge in [0.05, 0.1) is 16.2 Å². The van der Waals surface area contributed by atoms with Gasteiger partial charge in [-0.3, -0.25) is 14.9 Å². The number of amides is 1. The smallest absolute Gasteiger partial charge is 0.293 e. The Labute approximate surface area is 163 Å². The lowest BCUT2D eigenvalue weighted by atomic mass is 10.1. The molecule has 1 N–H and O–H groups in total. The van der Waals surface area contributed by atoms with E-state index in [2.05, 4.69) is 15.5 Å². The van der Waals surface area contributed by atoms with Gasteiger partial charge in [-0.2, -0.15) is 0 Å². The molecule has 0 unspecified atom stereocenters. The molecular formula is C18H15FN4O4S. The first-order chi connectivity index (χ1) is 13.3. The van der Waals surface area contributed by atoms with Gasteiger partial charge in [0.15, 0.2) is 0 Å². The van der Waals surface area contributed by atoms with Crippen molar-refractivity contribution in [2.24, 2.45) is 0 Å². The summed E-state index contributed by atoms with van der Waals surface area (Å²) in [7, 11) is 0. The molecule has 10 heteroatoms. The normalized spacial score (nSPS) is 10.7. The zero-order valence-electron chi connectivity index (χ0n) is 14.9. The van der Waals surface area contributed by atoms with E-state index < -0.39 is 16.6 Å². The van der Waals surface area contributed by atoms with Crippen LogP contribution in [0.15, 0.2) is 46.0 Å². The van der Waals surface area contributed by atoms with Crippen molar-refractivity contribution >= 4 is 29.0 Å². The Morgan fingerprint density at radius 3 is 2.68 bits per heavy atom. The number of carbonyl (C=O) groups excluding carboxylic acids is 1. The van der Waals surface area contributed by atoms with E-state index in [-0.39, 0.29) is 33.8 Å². The number of nitrogens with zero attached hydrogens (tertiary/aromatic N) is 3. The molecule has 3 aromatic rings. The molecule has 0 fully saturated rings. The Morgan fingerprint density at radius 2 is 1.96 bits per heavy atom. The monoisotopic (exact) mass is 402 g/mol. The standard InChI is InChI=1S/C18H15FN4O4S/c1-10-7-14(15(23(25)26)8-11(10)2)20-16(24)9-28-18-22-21-17(27-18)12-5-3-4-6-13(12)19/h3-8H,9H2,1-2H3,(H,20,24).